The molecule has 224 valence electrons. The molecule has 2 heterocycles. The van der Waals surface area contributed by atoms with Gasteiger partial charge >= 0.3 is 5.69 Å². The molecule has 2 N–H and O–H groups in total. The van der Waals surface area contributed by atoms with Crippen LogP contribution < -0.4 is 20.7 Å². The maximum absolute atomic E-state index is 12.8. The van der Waals surface area contributed by atoms with E-state index in [1.54, 1.807) is 32.4 Å². The summed E-state index contributed by atoms with van der Waals surface area (Å²) in [5.74, 6) is 1.40. The number of allylic oxidation sites excluding steroid dienone is 3. The summed E-state index contributed by atoms with van der Waals surface area (Å²) in [7, 11) is 3.23. The van der Waals surface area contributed by atoms with Crippen molar-refractivity contribution in [3.63, 3.8) is 0 Å². The van der Waals surface area contributed by atoms with Gasteiger partial charge in [0.05, 0.1) is 32.5 Å². The molecule has 1 aliphatic carbocycles. The molecule has 3 atom stereocenters. The monoisotopic (exact) mass is 592 g/mol. The van der Waals surface area contributed by atoms with Crippen molar-refractivity contribution in [3.8, 4) is 11.5 Å². The summed E-state index contributed by atoms with van der Waals surface area (Å²) >= 11 is 0. The molecule has 1 fully saturated rings. The molecule has 0 spiro atoms. The Hall–Kier alpha value is -4.92. The molecule has 1 aromatic heterocycles. The van der Waals surface area contributed by atoms with E-state index in [-0.39, 0.29) is 18.6 Å². The van der Waals surface area contributed by atoms with Crippen molar-refractivity contribution < 1.29 is 24.1 Å². The Bertz CT molecular complexity index is 1790. The molecule has 9 nitrogen and oxygen atoms in total. The number of aliphatic hydroxyl groups excluding tert-OH is 1. The standard InChI is InChI=1S/C35H32N2O7/c1-41-27-16-12-25(13-17-27)35(24-10-4-3-5-11-24,26-14-18-28(42-2)19-15-26)43-22-31-30(38)20-32(44-31)37-21-29(23-8-6-7-9-23)33(39)36-34(37)40/h3-8,10-19,21,30-32,38H,20,22H2,1-2H3,(H,36,39,40)/t30-,31+,32+/m0/s1. The molecular formula is C35H32N2O7. The minimum Gasteiger partial charge on any atom is -0.497 e. The number of methoxy groups -OCH3 is 2. The van der Waals surface area contributed by atoms with Crippen molar-refractivity contribution in [2.75, 3.05) is 20.8 Å². The maximum atomic E-state index is 12.8. The van der Waals surface area contributed by atoms with Gasteiger partial charge in [0.25, 0.3) is 5.56 Å². The number of aliphatic hydroxyl groups is 1. The lowest BCUT2D eigenvalue weighted by Gasteiger charge is -2.37. The fraction of sp³-hybridized carbons (Fsp3) is 0.229. The van der Waals surface area contributed by atoms with Crippen LogP contribution in [0.3, 0.4) is 0 Å². The van der Waals surface area contributed by atoms with Crippen LogP contribution in [0, 0.1) is 0 Å². The first kappa shape index (κ1) is 29.2. The van der Waals surface area contributed by atoms with Gasteiger partial charge in [0, 0.05) is 18.2 Å². The van der Waals surface area contributed by atoms with Crippen molar-refractivity contribution in [2.24, 2.45) is 0 Å². The number of benzene rings is 3. The lowest BCUT2D eigenvalue weighted by molar-refractivity contribution is -0.0944. The zero-order chi connectivity index (χ0) is 30.7. The second-order valence-corrected chi connectivity index (χ2v) is 10.5. The first-order valence-electron chi connectivity index (χ1n) is 14.2. The van der Waals surface area contributed by atoms with Gasteiger partial charge in [-0.25, -0.2) is 4.79 Å². The van der Waals surface area contributed by atoms with Gasteiger partial charge in [-0.05, 0) is 53.1 Å². The Morgan fingerprint density at radius 3 is 2.11 bits per heavy atom. The van der Waals surface area contributed by atoms with E-state index in [0.717, 1.165) is 16.7 Å². The van der Waals surface area contributed by atoms with E-state index in [1.807, 2.05) is 78.9 Å². The first-order chi connectivity index (χ1) is 21.4. The zero-order valence-corrected chi connectivity index (χ0v) is 24.3. The van der Waals surface area contributed by atoms with Crippen LogP contribution in [0.4, 0.5) is 0 Å². The van der Waals surface area contributed by atoms with Crippen LogP contribution in [0.1, 0.15) is 34.9 Å². The number of nitrogens with zero attached hydrogens (tertiary/aromatic N) is 1. The molecule has 4 aromatic rings. The topological polar surface area (TPSA) is 112 Å². The largest absolute Gasteiger partial charge is 0.497 e. The molecule has 0 amide bonds. The van der Waals surface area contributed by atoms with Crippen molar-refractivity contribution in [1.29, 1.82) is 0 Å². The highest BCUT2D eigenvalue weighted by Gasteiger charge is 2.42. The summed E-state index contributed by atoms with van der Waals surface area (Å²) in [6.07, 6.45) is 4.26. The van der Waals surface area contributed by atoms with Gasteiger partial charge < -0.3 is 24.1 Å². The number of hydrogen-bond donors (Lipinski definition) is 2. The molecule has 0 bridgehead atoms. The average molecular weight is 593 g/mol. The summed E-state index contributed by atoms with van der Waals surface area (Å²) in [4.78, 5) is 27.7. The molecule has 3 aromatic carbocycles. The van der Waals surface area contributed by atoms with Gasteiger partial charge in [0.2, 0.25) is 0 Å². The zero-order valence-electron chi connectivity index (χ0n) is 24.3. The quantitative estimate of drug-likeness (QED) is 0.208. The van der Waals surface area contributed by atoms with Gasteiger partial charge in [-0.3, -0.25) is 14.3 Å². The lowest BCUT2D eigenvalue weighted by Crippen LogP contribution is -2.38. The Labute approximate surface area is 253 Å². The Morgan fingerprint density at radius 2 is 1.55 bits per heavy atom. The number of aromatic nitrogens is 2. The van der Waals surface area contributed by atoms with Crippen molar-refractivity contribution in [2.45, 2.75) is 30.5 Å². The fourth-order valence-electron chi connectivity index (χ4n) is 5.71. The summed E-state index contributed by atoms with van der Waals surface area (Å²) < 4.78 is 25.3. The molecule has 1 saturated heterocycles. The maximum Gasteiger partial charge on any atom is 0.330 e. The van der Waals surface area contributed by atoms with Crippen molar-refractivity contribution >= 4 is 5.57 Å². The third-order valence-electron chi connectivity index (χ3n) is 8.01. The number of ether oxygens (including phenoxy) is 4. The molecule has 0 saturated carbocycles. The van der Waals surface area contributed by atoms with Gasteiger partial charge in [-0.1, -0.05) is 60.7 Å². The highest BCUT2D eigenvalue weighted by atomic mass is 16.6. The SMILES string of the molecule is COc1ccc(C(OC[C@H]2O[C@@H](n3cc(C4=C=CC=C4)c(=O)[nH]c3=O)C[C@@H]2O)(c2ccccc2)c2ccc(OC)cc2)cc1. The minimum absolute atomic E-state index is 0.00773. The smallest absolute Gasteiger partial charge is 0.330 e. The van der Waals surface area contributed by atoms with Gasteiger partial charge in [0.15, 0.2) is 0 Å². The van der Waals surface area contributed by atoms with E-state index >= 15 is 0 Å². The number of hydrogen-bond acceptors (Lipinski definition) is 7. The third-order valence-corrected chi connectivity index (χ3v) is 8.01. The van der Waals surface area contributed by atoms with Crippen LogP contribution in [-0.4, -0.2) is 47.7 Å². The number of aromatic amines is 1. The average Bonchev–Trinajstić information content (AvgIpc) is 3.72. The Morgan fingerprint density at radius 1 is 0.932 bits per heavy atom. The van der Waals surface area contributed by atoms with Crippen molar-refractivity contribution in [3.05, 3.63) is 152 Å². The highest BCUT2D eigenvalue weighted by Crippen LogP contribution is 2.42. The molecule has 0 unspecified atom stereocenters. The number of nitrogens with one attached hydrogen (secondary N) is 1. The summed E-state index contributed by atoms with van der Waals surface area (Å²) in [6.45, 7) is -0.00773. The van der Waals surface area contributed by atoms with E-state index < -0.39 is 35.3 Å². The van der Waals surface area contributed by atoms with Crippen LogP contribution in [0.2, 0.25) is 0 Å². The minimum atomic E-state index is -1.10. The van der Waals surface area contributed by atoms with E-state index in [4.69, 9.17) is 18.9 Å². The van der Waals surface area contributed by atoms with Crippen LogP contribution in [0.5, 0.6) is 11.5 Å². The molecule has 2 aliphatic rings. The van der Waals surface area contributed by atoms with E-state index in [9.17, 15) is 14.7 Å². The first-order valence-corrected chi connectivity index (χ1v) is 14.2. The summed E-state index contributed by atoms with van der Waals surface area (Å²) in [5.41, 5.74) is 4.14. The van der Waals surface area contributed by atoms with Crippen molar-refractivity contribution in [1.82, 2.24) is 9.55 Å². The predicted octanol–water partition coefficient (Wildman–Crippen LogP) is 4.32. The lowest BCUT2D eigenvalue weighted by atomic mass is 9.80. The fourth-order valence-corrected chi connectivity index (χ4v) is 5.71. The molecule has 0 radical (unpaired) electrons. The number of H-pyrrole nitrogens is 1. The van der Waals surface area contributed by atoms with Gasteiger partial charge in [-0.15, -0.1) is 5.73 Å². The number of rotatable bonds is 10. The van der Waals surface area contributed by atoms with Crippen LogP contribution in [-0.2, 0) is 15.1 Å². The molecular weight excluding hydrogens is 560 g/mol. The van der Waals surface area contributed by atoms with Crippen LogP contribution in [0.25, 0.3) is 5.57 Å². The van der Waals surface area contributed by atoms with E-state index in [2.05, 4.69) is 10.7 Å². The Kier molecular flexibility index (Phi) is 8.19. The molecule has 44 heavy (non-hydrogen) atoms. The second kappa shape index (κ2) is 12.4. The van der Waals surface area contributed by atoms with Gasteiger partial charge in [-0.2, -0.15) is 0 Å². The van der Waals surface area contributed by atoms with Crippen LogP contribution in [0.15, 0.2) is 119 Å². The van der Waals surface area contributed by atoms with Crippen LogP contribution >= 0.6 is 0 Å². The van der Waals surface area contributed by atoms with E-state index in [1.165, 1.54) is 10.8 Å². The normalized spacial score (nSPS) is 19.2. The highest BCUT2D eigenvalue weighted by molar-refractivity contribution is 5.75. The predicted molar refractivity (Wildman–Crippen MR) is 165 cm³/mol. The second-order valence-electron chi connectivity index (χ2n) is 10.5. The summed E-state index contributed by atoms with van der Waals surface area (Å²) in [5, 5.41) is 11.1. The van der Waals surface area contributed by atoms with E-state index in [0.29, 0.717) is 17.1 Å². The third kappa shape index (κ3) is 5.45. The Balaban J connectivity index is 1.36. The molecule has 6 rings (SSSR count). The summed E-state index contributed by atoms with van der Waals surface area (Å²) in [6, 6.07) is 25.1. The molecule has 1 aliphatic heterocycles. The van der Waals surface area contributed by atoms with Gasteiger partial charge in [0.1, 0.15) is 29.4 Å². The molecule has 9 heteroatoms.